The van der Waals surface area contributed by atoms with E-state index in [-0.39, 0.29) is 31.3 Å². The van der Waals surface area contributed by atoms with Crippen molar-refractivity contribution in [2.45, 2.75) is 45.6 Å². The third kappa shape index (κ3) is 8.16. The van der Waals surface area contributed by atoms with E-state index in [2.05, 4.69) is 15.8 Å². The molecular formula is C26H32N4O6. The summed E-state index contributed by atoms with van der Waals surface area (Å²) in [6.45, 7) is 1.99. The van der Waals surface area contributed by atoms with Crippen molar-refractivity contribution in [2.24, 2.45) is 11.1 Å². The minimum absolute atomic E-state index is 0.0118. The molecule has 0 radical (unpaired) electrons. The Morgan fingerprint density at radius 2 is 1.81 bits per heavy atom. The van der Waals surface area contributed by atoms with Gasteiger partial charge in [-0.05, 0) is 37.8 Å². The number of aliphatic carboxylic acids is 1. The third-order valence-corrected chi connectivity index (χ3v) is 6.13. The van der Waals surface area contributed by atoms with Gasteiger partial charge in [0.1, 0.15) is 5.71 Å². The zero-order valence-electron chi connectivity index (χ0n) is 20.4. The lowest BCUT2D eigenvalue weighted by molar-refractivity contribution is -0.385. The van der Waals surface area contributed by atoms with Crippen molar-refractivity contribution < 1.29 is 24.5 Å². The number of carbonyl (C=O) groups is 2. The van der Waals surface area contributed by atoms with Gasteiger partial charge in [-0.1, -0.05) is 54.2 Å². The Kier molecular flexibility index (Phi) is 9.93. The highest BCUT2D eigenvalue weighted by Crippen LogP contribution is 2.24. The number of hydrogen-bond acceptors (Lipinski definition) is 7. The molecule has 0 unspecified atom stereocenters. The number of nitro benzene ring substituents is 1. The smallest absolute Gasteiger partial charge is 0.317 e. The molecule has 1 aliphatic carbocycles. The van der Waals surface area contributed by atoms with Gasteiger partial charge in [0.15, 0.2) is 6.61 Å². The minimum atomic E-state index is -1.06. The number of carboxylic acids is 1. The monoisotopic (exact) mass is 496 g/mol. The number of rotatable bonds is 12. The highest BCUT2D eigenvalue weighted by molar-refractivity contribution is 6.12. The first-order valence-corrected chi connectivity index (χ1v) is 12.1. The molecule has 36 heavy (non-hydrogen) atoms. The summed E-state index contributed by atoms with van der Waals surface area (Å²) in [5.41, 5.74) is 2.88. The summed E-state index contributed by atoms with van der Waals surface area (Å²) in [5.74, 6) is -0.816. The quantitative estimate of drug-likeness (QED) is 0.232. The van der Waals surface area contributed by atoms with Crippen molar-refractivity contribution in [3.63, 3.8) is 0 Å². The zero-order chi connectivity index (χ0) is 25.9. The van der Waals surface area contributed by atoms with Crippen molar-refractivity contribution in [1.29, 1.82) is 0 Å². The molecule has 0 spiro atoms. The van der Waals surface area contributed by atoms with Crippen LogP contribution in [0.1, 0.15) is 54.4 Å². The number of benzene rings is 2. The summed E-state index contributed by atoms with van der Waals surface area (Å²) in [5, 5.41) is 30.2. The lowest BCUT2D eigenvalue weighted by atomic mass is 9.89. The second-order valence-electron chi connectivity index (χ2n) is 8.99. The fourth-order valence-electron chi connectivity index (χ4n) is 4.20. The van der Waals surface area contributed by atoms with E-state index in [4.69, 9.17) is 9.94 Å². The number of amides is 1. The number of nitrogens with zero attached hydrogens (tertiary/aromatic N) is 2. The van der Waals surface area contributed by atoms with Gasteiger partial charge in [0, 0.05) is 35.8 Å². The van der Waals surface area contributed by atoms with Gasteiger partial charge in [-0.2, -0.15) is 0 Å². The Morgan fingerprint density at radius 3 is 2.47 bits per heavy atom. The van der Waals surface area contributed by atoms with Crippen LogP contribution in [-0.2, 0) is 21.0 Å². The van der Waals surface area contributed by atoms with Crippen LogP contribution in [0.2, 0.25) is 0 Å². The number of nitro groups is 1. The molecule has 1 fully saturated rings. The molecule has 2 aromatic carbocycles. The third-order valence-electron chi connectivity index (χ3n) is 6.13. The summed E-state index contributed by atoms with van der Waals surface area (Å²) in [7, 11) is 0. The largest absolute Gasteiger partial charge is 0.480 e. The number of oxime groups is 1. The lowest BCUT2D eigenvalue weighted by Gasteiger charge is -2.21. The molecule has 1 aliphatic rings. The Bertz CT molecular complexity index is 1090. The Balaban J connectivity index is 1.78. The molecule has 0 saturated heterocycles. The summed E-state index contributed by atoms with van der Waals surface area (Å²) in [6, 6.07) is 12.0. The van der Waals surface area contributed by atoms with Crippen molar-refractivity contribution in [2.75, 3.05) is 19.7 Å². The van der Waals surface area contributed by atoms with Crippen LogP contribution in [0.25, 0.3) is 0 Å². The standard InChI is InChI=1S/C26H32N4O6/c1-18-7-9-20(10-8-18)26(29-36-17-24(31)28-14-19-5-3-2-4-6-19)21-11-12-23(30(34)35)22(13-21)15-27-16-25(32)33/h7-13,19,27H,2-6,14-17H2,1H3,(H,28,31)(H,32,33)/b29-26-. The summed E-state index contributed by atoms with van der Waals surface area (Å²) in [4.78, 5) is 39.5. The molecule has 0 aliphatic heterocycles. The minimum Gasteiger partial charge on any atom is -0.480 e. The average molecular weight is 497 g/mol. The normalized spacial score (nSPS) is 14.3. The molecule has 3 rings (SSSR count). The van der Waals surface area contributed by atoms with E-state index >= 15 is 0 Å². The second kappa shape index (κ2) is 13.3. The van der Waals surface area contributed by atoms with Crippen LogP contribution in [0.4, 0.5) is 5.69 Å². The molecule has 0 aromatic heterocycles. The maximum absolute atomic E-state index is 12.3. The molecule has 192 valence electrons. The molecule has 1 saturated carbocycles. The van der Waals surface area contributed by atoms with Crippen LogP contribution >= 0.6 is 0 Å². The Hall–Kier alpha value is -3.79. The highest BCUT2D eigenvalue weighted by atomic mass is 16.6. The first kappa shape index (κ1) is 26.8. The van der Waals surface area contributed by atoms with Crippen LogP contribution in [0.5, 0.6) is 0 Å². The average Bonchev–Trinajstić information content (AvgIpc) is 2.86. The fraction of sp³-hybridized carbons (Fsp3) is 0.423. The molecular weight excluding hydrogens is 464 g/mol. The van der Waals surface area contributed by atoms with Crippen molar-refractivity contribution in [3.05, 3.63) is 74.8 Å². The number of aryl methyl sites for hydroxylation is 1. The predicted molar refractivity (Wildman–Crippen MR) is 135 cm³/mol. The zero-order valence-corrected chi connectivity index (χ0v) is 20.4. The first-order valence-electron chi connectivity index (χ1n) is 12.1. The number of nitrogens with one attached hydrogen (secondary N) is 2. The van der Waals surface area contributed by atoms with Crippen LogP contribution in [-0.4, -0.2) is 47.3 Å². The summed E-state index contributed by atoms with van der Waals surface area (Å²) in [6.07, 6.45) is 5.90. The Labute approximate surface area is 209 Å². The molecule has 0 heterocycles. The molecule has 3 N–H and O–H groups in total. The van der Waals surface area contributed by atoms with Crippen LogP contribution < -0.4 is 10.6 Å². The topological polar surface area (TPSA) is 143 Å². The van der Waals surface area contributed by atoms with Gasteiger partial charge < -0.3 is 20.6 Å². The van der Waals surface area contributed by atoms with Gasteiger partial charge in [0.05, 0.1) is 11.5 Å². The number of carbonyl (C=O) groups excluding carboxylic acids is 1. The fourth-order valence-corrected chi connectivity index (χ4v) is 4.20. The second-order valence-corrected chi connectivity index (χ2v) is 8.99. The van der Waals surface area contributed by atoms with E-state index in [1.54, 1.807) is 12.1 Å². The van der Waals surface area contributed by atoms with Gasteiger partial charge >= 0.3 is 5.97 Å². The molecule has 1 amide bonds. The van der Waals surface area contributed by atoms with Crippen LogP contribution in [0.3, 0.4) is 0 Å². The van der Waals surface area contributed by atoms with Gasteiger partial charge in [-0.3, -0.25) is 19.7 Å². The maximum Gasteiger partial charge on any atom is 0.317 e. The molecule has 2 aromatic rings. The van der Waals surface area contributed by atoms with Crippen LogP contribution in [0.15, 0.2) is 47.6 Å². The van der Waals surface area contributed by atoms with E-state index in [1.807, 2.05) is 31.2 Å². The van der Waals surface area contributed by atoms with Crippen molar-refractivity contribution >= 4 is 23.3 Å². The molecule has 0 bridgehead atoms. The van der Waals surface area contributed by atoms with Gasteiger partial charge in [-0.25, -0.2) is 0 Å². The van der Waals surface area contributed by atoms with E-state index in [0.29, 0.717) is 34.9 Å². The van der Waals surface area contributed by atoms with E-state index in [1.165, 1.54) is 25.3 Å². The van der Waals surface area contributed by atoms with Gasteiger partial charge in [0.2, 0.25) is 0 Å². The van der Waals surface area contributed by atoms with Crippen LogP contribution in [0, 0.1) is 23.0 Å². The highest BCUT2D eigenvalue weighted by Gasteiger charge is 2.18. The SMILES string of the molecule is Cc1ccc(/C(=N/OCC(=O)NCC2CCCCC2)c2ccc([N+](=O)[O-])c(CNCC(=O)O)c2)cc1. The van der Waals surface area contributed by atoms with Crippen molar-refractivity contribution in [3.8, 4) is 0 Å². The predicted octanol–water partition coefficient (Wildman–Crippen LogP) is 3.54. The molecule has 10 heteroatoms. The molecule has 0 atom stereocenters. The summed E-state index contributed by atoms with van der Waals surface area (Å²) >= 11 is 0. The Morgan fingerprint density at radius 1 is 1.11 bits per heavy atom. The maximum atomic E-state index is 12.3. The molecule has 10 nitrogen and oxygen atoms in total. The lowest BCUT2D eigenvalue weighted by Crippen LogP contribution is -2.32. The first-order chi connectivity index (χ1) is 17.3. The van der Waals surface area contributed by atoms with Crippen molar-refractivity contribution in [1.82, 2.24) is 10.6 Å². The number of hydrogen-bond donors (Lipinski definition) is 3. The summed E-state index contributed by atoms with van der Waals surface area (Å²) < 4.78 is 0. The van der Waals surface area contributed by atoms with E-state index < -0.39 is 10.9 Å². The van der Waals surface area contributed by atoms with E-state index in [0.717, 1.165) is 18.4 Å². The van der Waals surface area contributed by atoms with Gasteiger partial charge in [-0.15, -0.1) is 0 Å². The van der Waals surface area contributed by atoms with E-state index in [9.17, 15) is 19.7 Å². The number of carboxylic acid groups (broad SMARTS) is 1. The van der Waals surface area contributed by atoms with Gasteiger partial charge in [0.25, 0.3) is 11.6 Å².